The molecule has 0 aliphatic rings. The lowest BCUT2D eigenvalue weighted by molar-refractivity contribution is 0.592. The summed E-state index contributed by atoms with van der Waals surface area (Å²) in [5, 5.41) is 10.6. The lowest BCUT2D eigenvalue weighted by Gasteiger charge is -2.21. The summed E-state index contributed by atoms with van der Waals surface area (Å²) in [6.07, 6.45) is 0. The molecule has 0 saturated carbocycles. The summed E-state index contributed by atoms with van der Waals surface area (Å²) in [5.74, 6) is 0. The van der Waals surface area contributed by atoms with E-state index in [1.165, 1.54) is 26.9 Å². The topological polar surface area (TPSA) is 30.0 Å². The smallest absolute Gasteiger partial charge is 0.171 e. The van der Waals surface area contributed by atoms with E-state index < -0.39 is 7.14 Å². The molecule has 0 bridgehead atoms. The highest BCUT2D eigenvalue weighted by Crippen LogP contribution is 2.45. The van der Waals surface area contributed by atoms with Crippen molar-refractivity contribution in [3.63, 3.8) is 0 Å². The Morgan fingerprint density at radius 1 is 0.405 bits per heavy atom. The highest BCUT2D eigenvalue weighted by atomic mass is 31.2. The Labute approximate surface area is 244 Å². The van der Waals surface area contributed by atoms with E-state index in [4.69, 9.17) is 4.98 Å². The highest BCUT2D eigenvalue weighted by molar-refractivity contribution is 7.85. The third-order valence-corrected chi connectivity index (χ3v) is 11.4. The Morgan fingerprint density at radius 3 is 1.45 bits per heavy atom. The molecule has 3 heteroatoms. The molecule has 0 atom stereocenters. The number of nitrogens with zero attached hydrogens (tertiary/aromatic N) is 1. The van der Waals surface area contributed by atoms with Gasteiger partial charge >= 0.3 is 0 Å². The maximum atomic E-state index is 15.2. The van der Waals surface area contributed by atoms with Gasteiger partial charge in [0, 0.05) is 37.6 Å². The predicted octanol–water partition coefficient (Wildman–Crippen LogP) is 9.00. The molecular weight excluding hydrogens is 529 g/mol. The number of fused-ring (bicyclic) bond motifs is 8. The molecule has 1 heterocycles. The Morgan fingerprint density at radius 2 is 0.881 bits per heavy atom. The van der Waals surface area contributed by atoms with E-state index in [-0.39, 0.29) is 0 Å². The van der Waals surface area contributed by atoms with Crippen LogP contribution in [0.2, 0.25) is 0 Å². The predicted molar refractivity (Wildman–Crippen MR) is 179 cm³/mol. The van der Waals surface area contributed by atoms with Gasteiger partial charge in [-0.2, -0.15) is 0 Å². The molecule has 0 aliphatic heterocycles. The maximum Gasteiger partial charge on any atom is 0.171 e. The van der Waals surface area contributed by atoms with Gasteiger partial charge < -0.3 is 4.57 Å². The molecule has 8 aromatic rings. The second-order valence-electron chi connectivity index (χ2n) is 10.6. The van der Waals surface area contributed by atoms with Gasteiger partial charge in [-0.15, -0.1) is 0 Å². The summed E-state index contributed by atoms with van der Waals surface area (Å²) >= 11 is 0. The summed E-state index contributed by atoms with van der Waals surface area (Å²) in [7, 11) is -3.16. The molecule has 0 radical (unpaired) electrons. The number of hydrogen-bond donors (Lipinski definition) is 0. The van der Waals surface area contributed by atoms with Gasteiger partial charge in [0.1, 0.15) is 0 Å². The molecule has 0 saturated heterocycles. The Kier molecular flexibility index (Phi) is 5.77. The van der Waals surface area contributed by atoms with Gasteiger partial charge in [-0.25, -0.2) is 4.98 Å². The third-order valence-electron chi connectivity index (χ3n) is 8.30. The number of hydrogen-bond acceptors (Lipinski definition) is 2. The monoisotopic (exact) mass is 555 g/mol. The first-order valence-electron chi connectivity index (χ1n) is 14.2. The molecule has 0 aliphatic carbocycles. The van der Waals surface area contributed by atoms with Crippen LogP contribution in [-0.2, 0) is 4.57 Å². The summed E-state index contributed by atoms with van der Waals surface area (Å²) in [5.41, 5.74) is 2.84. The van der Waals surface area contributed by atoms with Gasteiger partial charge in [-0.05, 0) is 27.6 Å². The molecule has 0 unspecified atom stereocenters. The van der Waals surface area contributed by atoms with Crippen LogP contribution < -0.4 is 15.9 Å². The highest BCUT2D eigenvalue weighted by Gasteiger charge is 2.30. The van der Waals surface area contributed by atoms with Crippen LogP contribution in [0.4, 0.5) is 0 Å². The molecule has 0 N–H and O–H groups in total. The second kappa shape index (κ2) is 9.80. The molecule has 0 amide bonds. The minimum Gasteiger partial charge on any atom is -0.309 e. The lowest BCUT2D eigenvalue weighted by Crippen LogP contribution is -2.25. The zero-order chi connectivity index (χ0) is 28.1. The third kappa shape index (κ3) is 3.73. The van der Waals surface area contributed by atoms with Gasteiger partial charge in [-0.1, -0.05) is 152 Å². The fraction of sp³-hybridized carbons (Fsp3) is 0. The van der Waals surface area contributed by atoms with Crippen molar-refractivity contribution in [3.05, 3.63) is 158 Å². The molecule has 8 rings (SSSR count). The molecule has 0 spiro atoms. The van der Waals surface area contributed by atoms with Crippen LogP contribution in [0.1, 0.15) is 0 Å². The average Bonchev–Trinajstić information content (AvgIpc) is 3.08. The second-order valence-corrected chi connectivity index (χ2v) is 13.4. The van der Waals surface area contributed by atoms with E-state index >= 15 is 4.57 Å². The van der Waals surface area contributed by atoms with E-state index in [9.17, 15) is 0 Å². The quantitative estimate of drug-likeness (QED) is 0.160. The van der Waals surface area contributed by atoms with Crippen molar-refractivity contribution in [2.75, 3.05) is 0 Å². The summed E-state index contributed by atoms with van der Waals surface area (Å²) < 4.78 is 15.2. The molecule has 1 aromatic heterocycles. The van der Waals surface area contributed by atoms with E-state index in [0.29, 0.717) is 0 Å². The minimum absolute atomic E-state index is 0.781. The molecule has 0 fully saturated rings. The van der Waals surface area contributed by atoms with Crippen LogP contribution in [0.3, 0.4) is 0 Å². The van der Waals surface area contributed by atoms with E-state index in [1.54, 1.807) is 0 Å². The minimum atomic E-state index is -3.16. The molecular formula is C39H26NOP. The Hall–Kier alpha value is -5.04. The van der Waals surface area contributed by atoms with Crippen LogP contribution in [0.15, 0.2) is 158 Å². The summed E-state index contributed by atoms with van der Waals surface area (Å²) in [6.45, 7) is 0. The molecule has 42 heavy (non-hydrogen) atoms. The first kappa shape index (κ1) is 24.7. The van der Waals surface area contributed by atoms with Crippen molar-refractivity contribution >= 4 is 66.3 Å². The van der Waals surface area contributed by atoms with Gasteiger partial charge in [0.25, 0.3) is 0 Å². The molecule has 2 nitrogen and oxygen atoms in total. The van der Waals surface area contributed by atoms with Crippen LogP contribution in [0.25, 0.3) is 54.5 Å². The SMILES string of the molecule is O=P(c1ccccc1)(c1ccccc1)c1ccc2c(c1)nc(-c1ccccc1)c1c3ccccc3c3ccccc3c21. The average molecular weight is 556 g/mol. The van der Waals surface area contributed by atoms with Crippen molar-refractivity contribution in [1.29, 1.82) is 0 Å². The number of aromatic nitrogens is 1. The van der Waals surface area contributed by atoms with E-state index in [2.05, 4.69) is 91.0 Å². The Balaban J connectivity index is 1.54. The normalized spacial score (nSPS) is 11.9. The van der Waals surface area contributed by atoms with Gasteiger partial charge in [0.05, 0.1) is 11.2 Å². The Bertz CT molecular complexity index is 2270. The first-order valence-corrected chi connectivity index (χ1v) is 15.9. The number of rotatable bonds is 4. The maximum absolute atomic E-state index is 15.2. The zero-order valence-electron chi connectivity index (χ0n) is 22.8. The van der Waals surface area contributed by atoms with Crippen molar-refractivity contribution in [3.8, 4) is 11.3 Å². The van der Waals surface area contributed by atoms with Gasteiger partial charge in [-0.3, -0.25) is 0 Å². The largest absolute Gasteiger partial charge is 0.309 e. The lowest BCUT2D eigenvalue weighted by atomic mass is 9.90. The molecule has 7 aromatic carbocycles. The zero-order valence-corrected chi connectivity index (χ0v) is 23.7. The fourth-order valence-electron chi connectivity index (χ4n) is 6.39. The van der Waals surface area contributed by atoms with Crippen LogP contribution in [0, 0.1) is 0 Å². The van der Waals surface area contributed by atoms with Crippen molar-refractivity contribution in [2.45, 2.75) is 0 Å². The van der Waals surface area contributed by atoms with Crippen LogP contribution >= 0.6 is 7.14 Å². The standard InChI is InChI=1S/C39H26NOP/c41-42(28-16-6-2-7-17-28,29-18-8-3-9-19-29)30-24-25-35-36(26-30)40-39(27-14-4-1-5-15-27)38-34-23-13-11-21-32(34)31-20-10-12-22-33(31)37(35)38/h1-26H. The van der Waals surface area contributed by atoms with Gasteiger partial charge in [0.15, 0.2) is 7.14 Å². The summed E-state index contributed by atoms with van der Waals surface area (Å²) in [4.78, 5) is 5.37. The number of pyridine rings is 1. The van der Waals surface area contributed by atoms with Crippen molar-refractivity contribution < 1.29 is 4.57 Å². The van der Waals surface area contributed by atoms with Crippen LogP contribution in [0.5, 0.6) is 0 Å². The number of benzene rings is 7. The van der Waals surface area contributed by atoms with Crippen LogP contribution in [-0.4, -0.2) is 4.98 Å². The summed E-state index contributed by atoms with van der Waals surface area (Å²) in [6, 6.07) is 53.6. The van der Waals surface area contributed by atoms with Crippen molar-refractivity contribution in [1.82, 2.24) is 4.98 Å². The fourth-order valence-corrected chi connectivity index (χ4v) is 9.06. The van der Waals surface area contributed by atoms with Crippen molar-refractivity contribution in [2.24, 2.45) is 0 Å². The van der Waals surface area contributed by atoms with Gasteiger partial charge in [0.2, 0.25) is 0 Å². The van der Waals surface area contributed by atoms with E-state index in [1.807, 2.05) is 66.7 Å². The molecule has 198 valence electrons. The first-order chi connectivity index (χ1) is 20.7. The van der Waals surface area contributed by atoms with E-state index in [0.717, 1.165) is 43.5 Å².